The lowest BCUT2D eigenvalue weighted by Crippen LogP contribution is -2.46. The average Bonchev–Trinajstić information content (AvgIpc) is 3.49. The van der Waals surface area contributed by atoms with Gasteiger partial charge in [-0.15, -0.1) is 11.3 Å². The van der Waals surface area contributed by atoms with Crippen molar-refractivity contribution in [2.24, 2.45) is 5.73 Å². The molecule has 2 aromatic carbocycles. The Balaban J connectivity index is 1.40. The molecule has 8 nitrogen and oxygen atoms in total. The number of benzene rings is 2. The third kappa shape index (κ3) is 4.08. The van der Waals surface area contributed by atoms with Crippen LogP contribution >= 0.6 is 11.3 Å². The van der Waals surface area contributed by atoms with Gasteiger partial charge in [0.1, 0.15) is 11.5 Å². The third-order valence-electron chi connectivity index (χ3n) is 6.48. The van der Waals surface area contributed by atoms with E-state index in [0.29, 0.717) is 16.1 Å². The van der Waals surface area contributed by atoms with Crippen LogP contribution in [-0.4, -0.2) is 35.2 Å². The SMILES string of the molecule is NC(=O)c1c(NC(=O)CN2C(=O)NC(Cc3ccccc3)(c3ccccc3)C2=O)sc2c1CCC2. The largest absolute Gasteiger partial charge is 0.365 e. The zero-order valence-corrected chi connectivity index (χ0v) is 19.7. The van der Waals surface area contributed by atoms with Gasteiger partial charge in [-0.1, -0.05) is 60.7 Å². The van der Waals surface area contributed by atoms with E-state index in [-0.39, 0.29) is 6.42 Å². The molecule has 2 heterocycles. The van der Waals surface area contributed by atoms with Gasteiger partial charge < -0.3 is 16.4 Å². The van der Waals surface area contributed by atoms with E-state index in [1.54, 1.807) is 24.3 Å². The van der Waals surface area contributed by atoms with Crippen LogP contribution < -0.4 is 16.4 Å². The average molecular weight is 489 g/mol. The number of thiophene rings is 1. The quantitative estimate of drug-likeness (QED) is 0.443. The number of nitrogens with zero attached hydrogens (tertiary/aromatic N) is 1. The van der Waals surface area contributed by atoms with Crippen LogP contribution in [0.1, 0.15) is 38.3 Å². The van der Waals surface area contributed by atoms with E-state index in [4.69, 9.17) is 5.73 Å². The Labute approximate surface area is 206 Å². The second kappa shape index (κ2) is 8.99. The van der Waals surface area contributed by atoms with Crippen molar-refractivity contribution in [3.8, 4) is 0 Å². The number of rotatable bonds is 7. The summed E-state index contributed by atoms with van der Waals surface area (Å²) in [6.45, 7) is -0.477. The fourth-order valence-electron chi connectivity index (χ4n) is 4.87. The molecule has 1 atom stereocenters. The number of imide groups is 1. The highest BCUT2D eigenvalue weighted by molar-refractivity contribution is 7.17. The number of primary amides is 1. The molecule has 0 saturated carbocycles. The molecule has 1 aromatic heterocycles. The molecule has 3 aromatic rings. The molecule has 0 bridgehead atoms. The van der Waals surface area contributed by atoms with E-state index in [9.17, 15) is 19.2 Å². The minimum absolute atomic E-state index is 0.240. The highest BCUT2D eigenvalue weighted by atomic mass is 32.1. The lowest BCUT2D eigenvalue weighted by molar-refractivity contribution is -0.134. The molecule has 2 aliphatic rings. The number of carbonyl (C=O) groups excluding carboxylic acids is 4. The summed E-state index contributed by atoms with van der Waals surface area (Å²) in [5.74, 6) is -1.67. The predicted octanol–water partition coefficient (Wildman–Crippen LogP) is 2.96. The van der Waals surface area contributed by atoms with Crippen molar-refractivity contribution in [3.05, 3.63) is 87.8 Å². The molecule has 5 amide bonds. The number of nitrogens with two attached hydrogens (primary N) is 1. The Bertz CT molecular complexity index is 1320. The summed E-state index contributed by atoms with van der Waals surface area (Å²) in [6, 6.07) is 17.8. The molecule has 1 aliphatic heterocycles. The summed E-state index contributed by atoms with van der Waals surface area (Å²) in [5, 5.41) is 5.93. The van der Waals surface area contributed by atoms with Crippen LogP contribution in [0.15, 0.2) is 60.7 Å². The topological polar surface area (TPSA) is 122 Å². The molecule has 35 heavy (non-hydrogen) atoms. The Morgan fingerprint density at radius 3 is 2.40 bits per heavy atom. The minimum Gasteiger partial charge on any atom is -0.365 e. The number of amides is 5. The molecule has 9 heteroatoms. The summed E-state index contributed by atoms with van der Waals surface area (Å²) in [5.41, 5.74) is 6.97. The van der Waals surface area contributed by atoms with Crippen LogP contribution in [-0.2, 0) is 34.4 Å². The van der Waals surface area contributed by atoms with E-state index < -0.39 is 35.8 Å². The van der Waals surface area contributed by atoms with Gasteiger partial charge in [-0.3, -0.25) is 19.3 Å². The summed E-state index contributed by atoms with van der Waals surface area (Å²) >= 11 is 1.33. The molecule has 1 fully saturated rings. The Morgan fingerprint density at radius 2 is 1.71 bits per heavy atom. The molecule has 0 spiro atoms. The fraction of sp³-hybridized carbons (Fsp3) is 0.231. The first-order valence-electron chi connectivity index (χ1n) is 11.4. The normalized spacial score (nSPS) is 18.9. The zero-order valence-electron chi connectivity index (χ0n) is 18.9. The number of nitrogens with one attached hydrogen (secondary N) is 2. The standard InChI is InChI=1S/C26H24N4O4S/c27-22(32)21-18-12-7-13-19(18)35-23(21)28-20(31)15-30-24(33)26(29-25(30)34,17-10-5-2-6-11-17)14-16-8-3-1-4-9-16/h1-6,8-11H,7,12-15H2,(H2,27,32)(H,28,31)(H,29,34). The molecule has 1 saturated heterocycles. The van der Waals surface area contributed by atoms with Gasteiger partial charge >= 0.3 is 6.03 Å². The number of anilines is 1. The lowest BCUT2D eigenvalue weighted by Gasteiger charge is -2.27. The van der Waals surface area contributed by atoms with E-state index in [0.717, 1.165) is 40.2 Å². The van der Waals surface area contributed by atoms with E-state index in [1.165, 1.54) is 11.3 Å². The van der Waals surface area contributed by atoms with Crippen LogP contribution in [0.25, 0.3) is 0 Å². The number of fused-ring (bicyclic) bond motifs is 1. The first kappa shape index (κ1) is 22.8. The van der Waals surface area contributed by atoms with Crippen LogP contribution in [0.3, 0.4) is 0 Å². The van der Waals surface area contributed by atoms with E-state index >= 15 is 0 Å². The van der Waals surface area contributed by atoms with Gasteiger partial charge in [0.05, 0.1) is 5.56 Å². The van der Waals surface area contributed by atoms with Gasteiger partial charge in [0.15, 0.2) is 5.54 Å². The molecular weight excluding hydrogens is 464 g/mol. The van der Waals surface area contributed by atoms with E-state index in [1.807, 2.05) is 36.4 Å². The summed E-state index contributed by atoms with van der Waals surface area (Å²) < 4.78 is 0. The van der Waals surface area contributed by atoms with Crippen LogP contribution in [0.5, 0.6) is 0 Å². The number of carbonyl (C=O) groups is 4. The van der Waals surface area contributed by atoms with Crippen molar-refractivity contribution in [1.29, 1.82) is 0 Å². The van der Waals surface area contributed by atoms with Gasteiger partial charge in [0.25, 0.3) is 11.8 Å². The zero-order chi connectivity index (χ0) is 24.6. The van der Waals surface area contributed by atoms with Gasteiger partial charge in [-0.2, -0.15) is 0 Å². The van der Waals surface area contributed by atoms with Gasteiger partial charge in [-0.05, 0) is 36.0 Å². The first-order valence-corrected chi connectivity index (χ1v) is 12.2. The maximum atomic E-state index is 13.7. The molecular formula is C26H24N4O4S. The maximum absolute atomic E-state index is 13.7. The van der Waals surface area contributed by atoms with E-state index in [2.05, 4.69) is 10.6 Å². The number of hydrogen-bond donors (Lipinski definition) is 3. The monoisotopic (exact) mass is 488 g/mol. The van der Waals surface area contributed by atoms with Gasteiger partial charge in [0, 0.05) is 11.3 Å². The van der Waals surface area contributed by atoms with Gasteiger partial charge in [-0.25, -0.2) is 4.79 Å². The van der Waals surface area contributed by atoms with Crippen molar-refractivity contribution >= 4 is 40.1 Å². The fourth-order valence-corrected chi connectivity index (χ4v) is 6.19. The van der Waals surface area contributed by atoms with Crippen LogP contribution in [0.2, 0.25) is 0 Å². The third-order valence-corrected chi connectivity index (χ3v) is 7.68. The van der Waals surface area contributed by atoms with Crippen molar-refractivity contribution in [1.82, 2.24) is 10.2 Å². The van der Waals surface area contributed by atoms with Crippen molar-refractivity contribution in [2.75, 3.05) is 11.9 Å². The van der Waals surface area contributed by atoms with Crippen LogP contribution in [0, 0.1) is 0 Å². The van der Waals surface area contributed by atoms with Crippen molar-refractivity contribution in [3.63, 3.8) is 0 Å². The van der Waals surface area contributed by atoms with Crippen molar-refractivity contribution in [2.45, 2.75) is 31.2 Å². The molecule has 1 aliphatic carbocycles. The maximum Gasteiger partial charge on any atom is 0.325 e. The molecule has 1 unspecified atom stereocenters. The number of aryl methyl sites for hydroxylation is 1. The molecule has 178 valence electrons. The Hall–Kier alpha value is -3.98. The molecule has 0 radical (unpaired) electrons. The Kier molecular flexibility index (Phi) is 5.86. The molecule has 5 rings (SSSR count). The van der Waals surface area contributed by atoms with Crippen molar-refractivity contribution < 1.29 is 19.2 Å². The second-order valence-corrected chi connectivity index (χ2v) is 9.83. The highest BCUT2D eigenvalue weighted by Crippen LogP contribution is 2.39. The first-order chi connectivity index (χ1) is 16.9. The van der Waals surface area contributed by atoms with Crippen LogP contribution in [0.4, 0.5) is 9.80 Å². The minimum atomic E-state index is -1.33. The summed E-state index contributed by atoms with van der Waals surface area (Å²) in [7, 11) is 0. The Morgan fingerprint density at radius 1 is 1.03 bits per heavy atom. The second-order valence-electron chi connectivity index (χ2n) is 8.73. The lowest BCUT2D eigenvalue weighted by atomic mass is 9.83. The smallest absolute Gasteiger partial charge is 0.325 e. The highest BCUT2D eigenvalue weighted by Gasteiger charge is 2.52. The summed E-state index contributed by atoms with van der Waals surface area (Å²) in [6.07, 6.45) is 2.76. The van der Waals surface area contributed by atoms with Gasteiger partial charge in [0.2, 0.25) is 5.91 Å². The number of urea groups is 1. The number of hydrogen-bond acceptors (Lipinski definition) is 5. The predicted molar refractivity (Wildman–Crippen MR) is 132 cm³/mol. The summed E-state index contributed by atoms with van der Waals surface area (Å²) in [4.78, 5) is 53.6. The molecule has 4 N–H and O–H groups in total.